The molecule has 2 aromatic carbocycles. The third-order valence-corrected chi connectivity index (χ3v) is 2.65. The maximum absolute atomic E-state index is 12.1. The van der Waals surface area contributed by atoms with Crippen LogP contribution in [-0.2, 0) is 4.79 Å². The smallest absolute Gasteiger partial charge is 0.245 e. The molecule has 0 saturated heterocycles. The standard InChI is InChI=1S/C15H13N3O/c16-11-10-15(19)18(13-4-2-1-3-5-13)14-8-6-12(17)7-9-14/h1-9H,10,17H2. The molecular weight excluding hydrogens is 238 g/mol. The van der Waals surface area contributed by atoms with E-state index in [2.05, 4.69) is 0 Å². The van der Waals surface area contributed by atoms with Crippen molar-refractivity contribution in [2.45, 2.75) is 6.42 Å². The number of anilines is 3. The summed E-state index contributed by atoms with van der Waals surface area (Å²) in [5, 5.41) is 8.71. The lowest BCUT2D eigenvalue weighted by Crippen LogP contribution is -2.25. The summed E-state index contributed by atoms with van der Waals surface area (Å²) in [4.78, 5) is 13.6. The number of nitrogens with two attached hydrogens (primary N) is 1. The van der Waals surface area contributed by atoms with Gasteiger partial charge in [-0.15, -0.1) is 0 Å². The normalized spacial score (nSPS) is 9.63. The molecule has 19 heavy (non-hydrogen) atoms. The van der Waals surface area contributed by atoms with Crippen LogP contribution < -0.4 is 10.6 Å². The summed E-state index contributed by atoms with van der Waals surface area (Å²) in [5.74, 6) is -0.265. The number of para-hydroxylation sites is 1. The quantitative estimate of drug-likeness (QED) is 0.853. The summed E-state index contributed by atoms with van der Waals surface area (Å²) in [6.07, 6.45) is -0.167. The van der Waals surface area contributed by atoms with Gasteiger partial charge in [0, 0.05) is 17.1 Å². The topological polar surface area (TPSA) is 70.1 Å². The molecule has 0 saturated carbocycles. The van der Waals surface area contributed by atoms with Gasteiger partial charge in [0.25, 0.3) is 0 Å². The average molecular weight is 251 g/mol. The van der Waals surface area contributed by atoms with Crippen LogP contribution in [0, 0.1) is 11.3 Å². The summed E-state index contributed by atoms with van der Waals surface area (Å²) in [6, 6.07) is 18.1. The largest absolute Gasteiger partial charge is 0.399 e. The Kier molecular flexibility index (Phi) is 3.79. The number of nitriles is 1. The predicted molar refractivity (Wildman–Crippen MR) is 74.7 cm³/mol. The Balaban J connectivity index is 2.43. The van der Waals surface area contributed by atoms with Gasteiger partial charge in [0.1, 0.15) is 6.42 Å². The van der Waals surface area contributed by atoms with Gasteiger partial charge < -0.3 is 5.73 Å². The Bertz CT molecular complexity index is 600. The third-order valence-electron chi connectivity index (χ3n) is 2.65. The molecular formula is C15H13N3O. The first-order valence-corrected chi connectivity index (χ1v) is 5.83. The molecule has 0 spiro atoms. The average Bonchev–Trinajstić information content (AvgIpc) is 2.43. The molecule has 0 heterocycles. The van der Waals surface area contributed by atoms with Crippen molar-refractivity contribution in [1.29, 1.82) is 5.26 Å². The van der Waals surface area contributed by atoms with Crippen molar-refractivity contribution >= 4 is 23.0 Å². The molecule has 0 aliphatic heterocycles. The van der Waals surface area contributed by atoms with Gasteiger partial charge in [-0.2, -0.15) is 5.26 Å². The lowest BCUT2D eigenvalue weighted by molar-refractivity contribution is -0.116. The van der Waals surface area contributed by atoms with Gasteiger partial charge in [-0.05, 0) is 36.4 Å². The molecule has 0 atom stereocenters. The number of carbonyl (C=O) groups is 1. The summed E-state index contributed by atoms with van der Waals surface area (Å²) in [6.45, 7) is 0. The molecule has 0 aromatic heterocycles. The lowest BCUT2D eigenvalue weighted by atomic mass is 10.2. The molecule has 0 radical (unpaired) electrons. The van der Waals surface area contributed by atoms with Crippen molar-refractivity contribution in [1.82, 2.24) is 0 Å². The Morgan fingerprint density at radius 2 is 1.63 bits per heavy atom. The van der Waals surface area contributed by atoms with Gasteiger partial charge in [-0.1, -0.05) is 18.2 Å². The van der Waals surface area contributed by atoms with E-state index in [0.29, 0.717) is 11.4 Å². The minimum Gasteiger partial charge on any atom is -0.399 e. The van der Waals surface area contributed by atoms with Crippen LogP contribution in [0.3, 0.4) is 0 Å². The van der Waals surface area contributed by atoms with E-state index in [1.165, 1.54) is 4.90 Å². The lowest BCUT2D eigenvalue weighted by Gasteiger charge is -2.22. The number of rotatable bonds is 3. The Morgan fingerprint density at radius 1 is 1.05 bits per heavy atom. The van der Waals surface area contributed by atoms with E-state index in [0.717, 1.165) is 5.69 Å². The highest BCUT2D eigenvalue weighted by Gasteiger charge is 2.17. The number of hydrogen-bond donors (Lipinski definition) is 1. The van der Waals surface area contributed by atoms with Crippen LogP contribution in [0.2, 0.25) is 0 Å². The zero-order valence-electron chi connectivity index (χ0n) is 10.3. The highest BCUT2D eigenvalue weighted by atomic mass is 16.2. The van der Waals surface area contributed by atoms with Crippen LogP contribution in [0.1, 0.15) is 6.42 Å². The second kappa shape index (κ2) is 5.69. The first-order chi connectivity index (χ1) is 9.22. The molecule has 0 fully saturated rings. The van der Waals surface area contributed by atoms with Gasteiger partial charge in [0.05, 0.1) is 6.07 Å². The van der Waals surface area contributed by atoms with Crippen molar-refractivity contribution in [3.63, 3.8) is 0 Å². The fourth-order valence-electron chi connectivity index (χ4n) is 1.78. The molecule has 4 heteroatoms. The Hall–Kier alpha value is -2.80. The van der Waals surface area contributed by atoms with E-state index >= 15 is 0 Å². The number of nitrogen functional groups attached to an aromatic ring is 1. The molecule has 4 nitrogen and oxygen atoms in total. The van der Waals surface area contributed by atoms with Crippen molar-refractivity contribution < 1.29 is 4.79 Å². The summed E-state index contributed by atoms with van der Waals surface area (Å²) in [5.41, 5.74) is 7.70. The summed E-state index contributed by atoms with van der Waals surface area (Å²) < 4.78 is 0. The van der Waals surface area contributed by atoms with Gasteiger partial charge in [-0.3, -0.25) is 9.69 Å². The Morgan fingerprint density at radius 3 is 2.21 bits per heavy atom. The molecule has 2 N–H and O–H groups in total. The van der Waals surface area contributed by atoms with Crippen LogP contribution >= 0.6 is 0 Å². The van der Waals surface area contributed by atoms with E-state index in [1.807, 2.05) is 36.4 Å². The number of benzene rings is 2. The molecule has 2 rings (SSSR count). The Labute approximate surface area is 111 Å². The number of nitrogens with zero attached hydrogens (tertiary/aromatic N) is 2. The number of amides is 1. The van der Waals surface area contributed by atoms with Crippen molar-refractivity contribution in [2.75, 3.05) is 10.6 Å². The minimum absolute atomic E-state index is 0.167. The fraction of sp³-hybridized carbons (Fsp3) is 0.0667. The predicted octanol–water partition coefficient (Wildman–Crippen LogP) is 2.85. The zero-order chi connectivity index (χ0) is 13.7. The molecule has 1 amide bonds. The van der Waals surface area contributed by atoms with E-state index in [4.69, 9.17) is 11.0 Å². The third kappa shape index (κ3) is 2.90. The second-order valence-corrected chi connectivity index (χ2v) is 3.99. The fourth-order valence-corrected chi connectivity index (χ4v) is 1.78. The highest BCUT2D eigenvalue weighted by Crippen LogP contribution is 2.26. The van der Waals surface area contributed by atoms with Crippen molar-refractivity contribution in [2.24, 2.45) is 0 Å². The van der Waals surface area contributed by atoms with Crippen molar-refractivity contribution in [3.8, 4) is 6.07 Å². The van der Waals surface area contributed by atoms with Crippen molar-refractivity contribution in [3.05, 3.63) is 54.6 Å². The van der Waals surface area contributed by atoms with Crippen LogP contribution in [0.4, 0.5) is 17.1 Å². The van der Waals surface area contributed by atoms with E-state index < -0.39 is 0 Å². The zero-order valence-corrected chi connectivity index (χ0v) is 10.3. The first kappa shape index (κ1) is 12.7. The number of carbonyl (C=O) groups excluding carboxylic acids is 1. The van der Waals surface area contributed by atoms with Crippen LogP contribution in [0.25, 0.3) is 0 Å². The van der Waals surface area contributed by atoms with E-state index in [9.17, 15) is 4.79 Å². The highest BCUT2D eigenvalue weighted by molar-refractivity contribution is 6.01. The molecule has 0 bridgehead atoms. The monoisotopic (exact) mass is 251 g/mol. The van der Waals surface area contributed by atoms with Gasteiger partial charge in [0.15, 0.2) is 0 Å². The first-order valence-electron chi connectivity index (χ1n) is 5.83. The molecule has 94 valence electrons. The SMILES string of the molecule is N#CCC(=O)N(c1ccccc1)c1ccc(N)cc1. The number of hydrogen-bond acceptors (Lipinski definition) is 3. The maximum Gasteiger partial charge on any atom is 0.245 e. The van der Waals surface area contributed by atoms with Crippen LogP contribution in [0.5, 0.6) is 0 Å². The van der Waals surface area contributed by atoms with Gasteiger partial charge in [-0.25, -0.2) is 0 Å². The summed E-state index contributed by atoms with van der Waals surface area (Å²) >= 11 is 0. The van der Waals surface area contributed by atoms with Crippen LogP contribution in [0.15, 0.2) is 54.6 Å². The minimum atomic E-state index is -0.265. The van der Waals surface area contributed by atoms with Crippen LogP contribution in [-0.4, -0.2) is 5.91 Å². The summed E-state index contributed by atoms with van der Waals surface area (Å²) in [7, 11) is 0. The molecule has 0 aliphatic rings. The maximum atomic E-state index is 12.1. The second-order valence-electron chi connectivity index (χ2n) is 3.99. The molecule has 0 unspecified atom stereocenters. The molecule has 2 aromatic rings. The van der Waals surface area contributed by atoms with Gasteiger partial charge in [0.2, 0.25) is 5.91 Å². The van der Waals surface area contributed by atoms with E-state index in [-0.39, 0.29) is 12.3 Å². The molecule has 0 aliphatic carbocycles. The van der Waals surface area contributed by atoms with Gasteiger partial charge >= 0.3 is 0 Å². The van der Waals surface area contributed by atoms with E-state index in [1.54, 1.807) is 24.3 Å².